The minimum atomic E-state index is -0.284. The molecule has 0 heterocycles. The molecule has 8 aliphatic carbocycles. The van der Waals surface area contributed by atoms with Crippen molar-refractivity contribution < 1.29 is 28.7 Å². The lowest BCUT2D eigenvalue weighted by Crippen LogP contribution is -2.54. The highest BCUT2D eigenvalue weighted by atomic mass is 16.5. The zero-order valence-electron chi connectivity index (χ0n) is 34.7. The molecule has 0 saturated heterocycles. The molecule has 7 heteroatoms. The second kappa shape index (κ2) is 14.9. The van der Waals surface area contributed by atoms with Crippen LogP contribution in [0.3, 0.4) is 0 Å². The van der Waals surface area contributed by atoms with Gasteiger partial charge in [-0.1, -0.05) is 70.9 Å². The van der Waals surface area contributed by atoms with E-state index in [4.69, 9.17) is 9.47 Å². The highest BCUT2D eigenvalue weighted by Crippen LogP contribution is 2.67. The Morgan fingerprint density at radius 2 is 1.18 bits per heavy atom. The van der Waals surface area contributed by atoms with Gasteiger partial charge >= 0.3 is 11.9 Å². The SMILES string of the molecule is C=C1C=C2C[C@@H](C)C3C(C2CC1)[C@@H](C)C[C@@]1(C)C3CC[C@@H]1OC(=O)CCC(=O)NCCC(=O)O[C@H]1CCC2C3C(C4CCC(=O)C=C4C[C@H]3C)[C@@H](C)C[C@@]21C. The van der Waals surface area contributed by atoms with E-state index in [0.29, 0.717) is 83.2 Å². The highest BCUT2D eigenvalue weighted by Gasteiger charge is 2.62. The van der Waals surface area contributed by atoms with E-state index >= 15 is 0 Å². The Labute approximate surface area is 330 Å². The van der Waals surface area contributed by atoms with Crippen LogP contribution >= 0.6 is 0 Å². The molecular weight excluding hydrogens is 687 g/mol. The van der Waals surface area contributed by atoms with Crippen LogP contribution < -0.4 is 5.32 Å². The monoisotopic (exact) mass is 756 g/mol. The summed E-state index contributed by atoms with van der Waals surface area (Å²) in [4.78, 5) is 51.4. The number of nitrogens with one attached hydrogen (secondary N) is 1. The van der Waals surface area contributed by atoms with E-state index in [2.05, 4.69) is 59.5 Å². The van der Waals surface area contributed by atoms with Gasteiger partial charge in [-0.05, 0) is 148 Å². The molecule has 0 spiro atoms. The number of ketones is 1. The van der Waals surface area contributed by atoms with Crippen molar-refractivity contribution in [3.63, 3.8) is 0 Å². The Morgan fingerprint density at radius 1 is 0.673 bits per heavy atom. The molecule has 7 nitrogen and oxygen atoms in total. The first-order chi connectivity index (χ1) is 26.2. The van der Waals surface area contributed by atoms with Gasteiger partial charge in [-0.2, -0.15) is 0 Å². The molecule has 8 rings (SSSR count). The molecule has 16 atom stereocenters. The smallest absolute Gasteiger partial charge is 0.307 e. The average molecular weight is 756 g/mol. The molecule has 55 heavy (non-hydrogen) atoms. The van der Waals surface area contributed by atoms with Crippen LogP contribution in [-0.4, -0.2) is 42.4 Å². The maximum atomic E-state index is 13.2. The van der Waals surface area contributed by atoms with Gasteiger partial charge in [0.2, 0.25) is 5.91 Å². The summed E-state index contributed by atoms with van der Waals surface area (Å²) < 4.78 is 12.5. The van der Waals surface area contributed by atoms with Crippen LogP contribution in [0.15, 0.2) is 35.5 Å². The quantitative estimate of drug-likeness (QED) is 0.248. The van der Waals surface area contributed by atoms with E-state index in [9.17, 15) is 19.2 Å². The standard InChI is InChI=1S/C48H69NO6/c1-26-8-10-34-31(20-26)21-27(2)45-36-12-14-38(47(36,6)24-29(4)43(34)45)54-41(52)17-16-40(51)49-19-18-42(53)55-39-15-13-37-46-28(3)22-32-23-33(50)9-11-35(32)44(46)30(5)25-48(37,39)7/h20,23,27-30,34-39,43-46H,1,8-19,21-22,24-25H2,2-7H3,(H,49,51)/t27-,28-,29+,30+,34?,35?,36?,37?,38+,39+,43?,44?,45?,46?,47+,48+/m1/s1. The van der Waals surface area contributed by atoms with Crippen LogP contribution in [0.1, 0.15) is 138 Å². The van der Waals surface area contributed by atoms with Crippen LogP contribution in [0.2, 0.25) is 0 Å². The van der Waals surface area contributed by atoms with E-state index in [0.717, 1.165) is 57.8 Å². The van der Waals surface area contributed by atoms with Crippen LogP contribution in [0, 0.1) is 81.8 Å². The fourth-order valence-electron chi connectivity index (χ4n) is 15.7. The van der Waals surface area contributed by atoms with Crippen LogP contribution in [0.25, 0.3) is 0 Å². The fraction of sp³-hybridized carbons (Fsp3) is 0.792. The van der Waals surface area contributed by atoms with Gasteiger partial charge in [-0.25, -0.2) is 0 Å². The normalized spacial score (nSPS) is 45.7. The first-order valence-electron chi connectivity index (χ1n) is 22.4. The number of fused-ring (bicyclic) bond motifs is 10. The number of carbonyl (C=O) groups excluding carboxylic acids is 4. The van der Waals surface area contributed by atoms with Crippen molar-refractivity contribution in [3.05, 3.63) is 35.5 Å². The number of hydrogen-bond acceptors (Lipinski definition) is 6. The summed E-state index contributed by atoms with van der Waals surface area (Å²) in [5, 5.41) is 2.87. The van der Waals surface area contributed by atoms with E-state index in [-0.39, 0.29) is 66.7 Å². The number of carbonyl (C=O) groups is 4. The van der Waals surface area contributed by atoms with Crippen molar-refractivity contribution >= 4 is 23.6 Å². The number of hydrogen-bond donors (Lipinski definition) is 1. The van der Waals surface area contributed by atoms with Crippen LogP contribution in [-0.2, 0) is 28.7 Å². The molecule has 8 aliphatic rings. The second-order valence-corrected chi connectivity index (χ2v) is 20.8. The van der Waals surface area contributed by atoms with E-state index in [1.54, 1.807) is 5.57 Å². The number of esters is 2. The zero-order valence-corrected chi connectivity index (χ0v) is 34.7. The molecule has 0 aromatic rings. The second-order valence-electron chi connectivity index (χ2n) is 20.8. The summed E-state index contributed by atoms with van der Waals surface area (Å²) >= 11 is 0. The molecule has 0 aromatic carbocycles. The third-order valence-corrected chi connectivity index (χ3v) is 17.6. The largest absolute Gasteiger partial charge is 0.462 e. The van der Waals surface area contributed by atoms with Crippen molar-refractivity contribution in [1.29, 1.82) is 0 Å². The predicted molar refractivity (Wildman–Crippen MR) is 213 cm³/mol. The van der Waals surface area contributed by atoms with Gasteiger partial charge in [-0.3, -0.25) is 19.2 Å². The average Bonchev–Trinajstić information content (AvgIpc) is 3.61. The van der Waals surface area contributed by atoms with Gasteiger partial charge in [-0.15, -0.1) is 0 Å². The third kappa shape index (κ3) is 6.91. The molecular formula is C48H69NO6. The van der Waals surface area contributed by atoms with Gasteiger partial charge < -0.3 is 14.8 Å². The first kappa shape index (κ1) is 39.1. The Balaban J connectivity index is 0.787. The lowest BCUT2D eigenvalue weighted by atomic mass is 9.47. The lowest BCUT2D eigenvalue weighted by Gasteiger charge is -2.58. The Morgan fingerprint density at radius 3 is 1.75 bits per heavy atom. The molecule has 302 valence electrons. The van der Waals surface area contributed by atoms with Crippen molar-refractivity contribution in [3.8, 4) is 0 Å². The molecule has 6 saturated carbocycles. The molecule has 0 aliphatic heterocycles. The lowest BCUT2D eigenvalue weighted by molar-refractivity contribution is -0.164. The zero-order chi connectivity index (χ0) is 39.0. The van der Waals surface area contributed by atoms with Crippen molar-refractivity contribution in [2.75, 3.05) is 6.54 Å². The third-order valence-electron chi connectivity index (χ3n) is 17.6. The maximum absolute atomic E-state index is 13.2. The Hall–Kier alpha value is -2.70. The van der Waals surface area contributed by atoms with Gasteiger partial charge in [0.1, 0.15) is 12.2 Å². The fourth-order valence-corrected chi connectivity index (χ4v) is 15.7. The van der Waals surface area contributed by atoms with Gasteiger partial charge in [0, 0.05) is 30.2 Å². The van der Waals surface area contributed by atoms with Crippen LogP contribution in [0.5, 0.6) is 0 Å². The number of rotatable bonds is 8. The summed E-state index contributed by atoms with van der Waals surface area (Å²) in [6.07, 6.45) is 16.8. The Kier molecular flexibility index (Phi) is 10.6. The summed E-state index contributed by atoms with van der Waals surface area (Å²) in [6.45, 7) is 18.9. The summed E-state index contributed by atoms with van der Waals surface area (Å²) in [5.41, 5.74) is 4.25. The van der Waals surface area contributed by atoms with Gasteiger partial charge in [0.15, 0.2) is 5.78 Å². The minimum absolute atomic E-state index is 0.0209. The first-order valence-corrected chi connectivity index (χ1v) is 22.4. The number of amides is 1. The highest BCUT2D eigenvalue weighted by molar-refractivity contribution is 5.91. The molecule has 6 fully saturated rings. The van der Waals surface area contributed by atoms with Crippen molar-refractivity contribution in [1.82, 2.24) is 5.32 Å². The molecule has 0 radical (unpaired) electrons. The van der Waals surface area contributed by atoms with E-state index < -0.39 is 0 Å². The number of ether oxygens (including phenoxy) is 2. The topological polar surface area (TPSA) is 98.8 Å². The van der Waals surface area contributed by atoms with Crippen molar-refractivity contribution in [2.45, 2.75) is 150 Å². The number of allylic oxidation sites excluding steroid dienone is 4. The molecule has 8 unspecified atom stereocenters. The summed E-state index contributed by atoms with van der Waals surface area (Å²) in [5.74, 6) is 6.66. The molecule has 1 N–H and O–H groups in total. The maximum Gasteiger partial charge on any atom is 0.307 e. The van der Waals surface area contributed by atoms with Crippen LogP contribution in [0.4, 0.5) is 0 Å². The summed E-state index contributed by atoms with van der Waals surface area (Å²) in [6, 6.07) is 0. The minimum Gasteiger partial charge on any atom is -0.462 e. The molecule has 0 aromatic heterocycles. The van der Waals surface area contributed by atoms with Crippen molar-refractivity contribution in [2.24, 2.45) is 81.8 Å². The van der Waals surface area contributed by atoms with Gasteiger partial charge in [0.25, 0.3) is 0 Å². The van der Waals surface area contributed by atoms with E-state index in [1.165, 1.54) is 24.0 Å². The molecule has 0 bridgehead atoms. The Bertz CT molecular complexity index is 1640. The predicted octanol–water partition coefficient (Wildman–Crippen LogP) is 9.35. The molecule has 1 amide bonds. The summed E-state index contributed by atoms with van der Waals surface area (Å²) in [7, 11) is 0. The van der Waals surface area contributed by atoms with Gasteiger partial charge in [0.05, 0.1) is 12.8 Å². The van der Waals surface area contributed by atoms with E-state index in [1.807, 2.05) is 6.08 Å².